The summed E-state index contributed by atoms with van der Waals surface area (Å²) in [5, 5.41) is 9.59. The molecule has 1 N–H and O–H groups in total. The summed E-state index contributed by atoms with van der Waals surface area (Å²) in [7, 11) is 0. The van der Waals surface area contributed by atoms with Gasteiger partial charge >= 0.3 is 5.97 Å². The summed E-state index contributed by atoms with van der Waals surface area (Å²) in [6.07, 6.45) is 1.51. The Morgan fingerprint density at radius 1 is 1.48 bits per heavy atom. The highest BCUT2D eigenvalue weighted by Crippen LogP contribution is 2.65. The summed E-state index contributed by atoms with van der Waals surface area (Å²) in [5.41, 5.74) is -1.17. The summed E-state index contributed by atoms with van der Waals surface area (Å²) in [5.74, 6) is -0.413. The van der Waals surface area contributed by atoms with E-state index < -0.39 is 11.2 Å². The van der Waals surface area contributed by atoms with Gasteiger partial charge in [-0.25, -0.2) is 0 Å². The number of carbonyl (C=O) groups is 2. The van der Waals surface area contributed by atoms with Gasteiger partial charge in [0, 0.05) is 18.3 Å². The van der Waals surface area contributed by atoms with E-state index in [-0.39, 0.29) is 48.0 Å². The van der Waals surface area contributed by atoms with Crippen molar-refractivity contribution in [2.45, 2.75) is 63.6 Å². The molecule has 6 heteroatoms. The molecule has 1 unspecified atom stereocenters. The van der Waals surface area contributed by atoms with E-state index in [9.17, 15) is 14.7 Å². The number of hydrogen-bond acceptors (Lipinski definition) is 6. The normalized spacial score (nSPS) is 53.3. The number of epoxide rings is 2. The van der Waals surface area contributed by atoms with Gasteiger partial charge in [-0.2, -0.15) is 0 Å². The number of esters is 1. The highest BCUT2D eigenvalue weighted by molar-refractivity contribution is 6.02. The number of fused-ring (bicyclic) bond motifs is 3. The van der Waals surface area contributed by atoms with E-state index >= 15 is 0 Å². The lowest BCUT2D eigenvalue weighted by Crippen LogP contribution is -2.53. The molecule has 0 aromatic rings. The van der Waals surface area contributed by atoms with E-state index in [4.69, 9.17) is 14.2 Å². The maximum Gasteiger partial charge on any atom is 0.303 e. The monoisotopic (exact) mass is 322 g/mol. The Hall–Kier alpha value is -1.24. The zero-order valence-electron chi connectivity index (χ0n) is 13.8. The molecule has 6 nitrogen and oxygen atoms in total. The third-order valence-corrected chi connectivity index (χ3v) is 6.43. The lowest BCUT2D eigenvalue weighted by atomic mass is 9.56. The van der Waals surface area contributed by atoms with Crippen LogP contribution in [0.5, 0.6) is 0 Å². The van der Waals surface area contributed by atoms with E-state index in [1.807, 2.05) is 6.92 Å². The molecule has 2 aliphatic heterocycles. The first kappa shape index (κ1) is 15.3. The average Bonchev–Trinajstić information content (AvgIpc) is 3.36. The predicted octanol–water partition coefficient (Wildman–Crippen LogP) is 0.761. The molecule has 0 amide bonds. The van der Waals surface area contributed by atoms with Crippen molar-refractivity contribution < 1.29 is 28.9 Å². The minimum absolute atomic E-state index is 0.00137. The lowest BCUT2D eigenvalue weighted by molar-refractivity contribution is -0.153. The Labute approximate surface area is 134 Å². The van der Waals surface area contributed by atoms with Crippen LogP contribution in [-0.2, 0) is 23.8 Å². The van der Waals surface area contributed by atoms with Crippen molar-refractivity contribution in [2.24, 2.45) is 11.3 Å². The molecule has 0 radical (unpaired) electrons. The maximum absolute atomic E-state index is 12.6. The van der Waals surface area contributed by atoms with Crippen LogP contribution in [0.2, 0.25) is 0 Å². The Morgan fingerprint density at radius 2 is 2.17 bits per heavy atom. The second-order valence-electron chi connectivity index (χ2n) is 7.76. The first-order valence-electron chi connectivity index (χ1n) is 8.09. The van der Waals surface area contributed by atoms with Crippen LogP contribution in [0, 0.1) is 11.3 Å². The SMILES string of the molecule is CC(=O)O[C@H]1[C@H]2OC2C2=CC(=O)[C@]3(C[C@]2(C)[C@H]1C)O[C@]3(C)CO. The maximum atomic E-state index is 12.6. The molecule has 1 spiro atoms. The van der Waals surface area contributed by atoms with Crippen LogP contribution in [0.25, 0.3) is 0 Å². The van der Waals surface area contributed by atoms with Crippen molar-refractivity contribution in [3.63, 3.8) is 0 Å². The number of carbonyl (C=O) groups excluding carboxylic acids is 2. The summed E-state index contributed by atoms with van der Waals surface area (Å²) >= 11 is 0. The quantitative estimate of drug-likeness (QED) is 0.596. The minimum atomic E-state index is -0.962. The first-order chi connectivity index (χ1) is 10.7. The summed E-state index contributed by atoms with van der Waals surface area (Å²) in [4.78, 5) is 24.0. The van der Waals surface area contributed by atoms with Crippen LogP contribution in [-0.4, -0.2) is 53.0 Å². The number of ketones is 1. The van der Waals surface area contributed by atoms with Gasteiger partial charge < -0.3 is 19.3 Å². The molecule has 0 aromatic heterocycles. The van der Waals surface area contributed by atoms with Crippen molar-refractivity contribution in [3.05, 3.63) is 11.6 Å². The number of aliphatic hydroxyl groups excluding tert-OH is 1. The summed E-state index contributed by atoms with van der Waals surface area (Å²) < 4.78 is 17.0. The van der Waals surface area contributed by atoms with E-state index in [1.54, 1.807) is 13.0 Å². The van der Waals surface area contributed by atoms with Gasteiger partial charge in [0.25, 0.3) is 0 Å². The highest BCUT2D eigenvalue weighted by atomic mass is 16.6. The number of hydrogen-bond donors (Lipinski definition) is 1. The fourth-order valence-electron chi connectivity index (χ4n) is 4.64. The molecule has 1 saturated carbocycles. The second-order valence-corrected chi connectivity index (χ2v) is 7.76. The largest absolute Gasteiger partial charge is 0.459 e. The standard InChI is InChI=1S/C17H22O6/c1-8-12(21-9(2)19)14-13(22-14)10-5-11(20)17(6-15(8,10)3)16(4,7-18)23-17/h5,8,12-14,18H,6-7H2,1-4H3/t8-,12+,13?,14+,15+,16+,17-/m0/s1. The Kier molecular flexibility index (Phi) is 2.82. The Balaban J connectivity index is 1.73. The zero-order valence-corrected chi connectivity index (χ0v) is 13.8. The second kappa shape index (κ2) is 4.23. The molecular weight excluding hydrogens is 300 g/mol. The summed E-state index contributed by atoms with van der Waals surface area (Å²) in [6.45, 7) is 7.08. The lowest BCUT2D eigenvalue weighted by Gasteiger charge is -2.47. The third-order valence-electron chi connectivity index (χ3n) is 6.43. The molecule has 23 heavy (non-hydrogen) atoms. The topological polar surface area (TPSA) is 88.7 Å². The number of aliphatic hydroxyl groups is 1. The molecule has 0 bridgehead atoms. The van der Waals surface area contributed by atoms with Crippen LogP contribution >= 0.6 is 0 Å². The molecule has 7 atom stereocenters. The van der Waals surface area contributed by atoms with E-state index in [0.717, 1.165) is 5.57 Å². The van der Waals surface area contributed by atoms with Gasteiger partial charge in [0.15, 0.2) is 11.4 Å². The van der Waals surface area contributed by atoms with Crippen molar-refractivity contribution in [3.8, 4) is 0 Å². The first-order valence-corrected chi connectivity index (χ1v) is 8.09. The summed E-state index contributed by atoms with van der Waals surface area (Å²) in [6, 6.07) is 0. The van der Waals surface area contributed by atoms with Crippen molar-refractivity contribution in [2.75, 3.05) is 6.61 Å². The van der Waals surface area contributed by atoms with Crippen molar-refractivity contribution in [1.82, 2.24) is 0 Å². The van der Waals surface area contributed by atoms with Gasteiger partial charge in [-0.1, -0.05) is 13.8 Å². The fraction of sp³-hybridized carbons (Fsp3) is 0.765. The average molecular weight is 322 g/mol. The molecule has 3 fully saturated rings. The molecule has 2 saturated heterocycles. The molecule has 126 valence electrons. The van der Waals surface area contributed by atoms with E-state index in [2.05, 4.69) is 6.92 Å². The predicted molar refractivity (Wildman–Crippen MR) is 78.5 cm³/mol. The van der Waals surface area contributed by atoms with E-state index in [1.165, 1.54) is 6.92 Å². The van der Waals surface area contributed by atoms with Crippen LogP contribution in [0.4, 0.5) is 0 Å². The number of ether oxygens (including phenoxy) is 3. The molecule has 2 aliphatic carbocycles. The van der Waals surface area contributed by atoms with E-state index in [0.29, 0.717) is 6.42 Å². The van der Waals surface area contributed by atoms with Crippen LogP contribution in [0.1, 0.15) is 34.1 Å². The highest BCUT2D eigenvalue weighted by Gasteiger charge is 2.76. The van der Waals surface area contributed by atoms with Gasteiger partial charge in [-0.05, 0) is 25.0 Å². The Bertz CT molecular complexity index is 641. The van der Waals surface area contributed by atoms with Crippen LogP contribution < -0.4 is 0 Å². The number of rotatable bonds is 2. The molecule has 4 rings (SSSR count). The third kappa shape index (κ3) is 1.74. The fourth-order valence-corrected chi connectivity index (χ4v) is 4.64. The van der Waals surface area contributed by atoms with Gasteiger partial charge in [0.2, 0.25) is 0 Å². The smallest absolute Gasteiger partial charge is 0.303 e. The molecule has 2 heterocycles. The van der Waals surface area contributed by atoms with Crippen LogP contribution in [0.3, 0.4) is 0 Å². The van der Waals surface area contributed by atoms with Crippen molar-refractivity contribution in [1.29, 1.82) is 0 Å². The van der Waals surface area contributed by atoms with Gasteiger partial charge in [-0.3, -0.25) is 9.59 Å². The Morgan fingerprint density at radius 3 is 2.74 bits per heavy atom. The molecular formula is C17H22O6. The van der Waals surface area contributed by atoms with Gasteiger partial charge in [0.05, 0.1) is 6.61 Å². The molecule has 0 aromatic carbocycles. The van der Waals surface area contributed by atoms with Crippen molar-refractivity contribution >= 4 is 11.8 Å². The minimum Gasteiger partial charge on any atom is -0.459 e. The van der Waals surface area contributed by atoms with Gasteiger partial charge in [-0.15, -0.1) is 0 Å². The molecule has 4 aliphatic rings. The van der Waals surface area contributed by atoms with Gasteiger partial charge in [0.1, 0.15) is 23.9 Å². The van der Waals surface area contributed by atoms with Crippen LogP contribution in [0.15, 0.2) is 11.6 Å². The zero-order chi connectivity index (χ0) is 16.8.